The standard InChI is InChI=1S/C18H22FN3OS.2ClH/c1-11-7-8-22(15(9-11)10-20)18(23)16-12(2)21-17(24-16)13-3-5-14(19)6-4-13;;/h3-6,11,15H,7-10,20H2,1-2H3;2*1H. The van der Waals surface area contributed by atoms with E-state index in [-0.39, 0.29) is 42.6 Å². The Labute approximate surface area is 169 Å². The Hall–Kier alpha value is -1.21. The molecule has 4 nitrogen and oxygen atoms in total. The van der Waals surface area contributed by atoms with Crippen LogP contribution in [-0.4, -0.2) is 34.9 Å². The van der Waals surface area contributed by atoms with Gasteiger partial charge in [-0.2, -0.15) is 0 Å². The zero-order valence-electron chi connectivity index (χ0n) is 14.8. The number of nitrogens with two attached hydrogens (primary N) is 1. The number of thiazole rings is 1. The lowest BCUT2D eigenvalue weighted by atomic mass is 9.92. The number of carbonyl (C=O) groups excluding carboxylic acids is 1. The monoisotopic (exact) mass is 419 g/mol. The van der Waals surface area contributed by atoms with Gasteiger partial charge in [0.25, 0.3) is 5.91 Å². The van der Waals surface area contributed by atoms with Crippen LogP contribution >= 0.6 is 36.2 Å². The van der Waals surface area contributed by atoms with Crippen LogP contribution in [0.1, 0.15) is 35.1 Å². The number of aryl methyl sites for hydroxylation is 1. The van der Waals surface area contributed by atoms with E-state index in [1.807, 2.05) is 11.8 Å². The number of likely N-dealkylation sites (tertiary alicyclic amines) is 1. The summed E-state index contributed by atoms with van der Waals surface area (Å²) in [6.07, 6.45) is 1.95. The second-order valence-electron chi connectivity index (χ2n) is 6.46. The minimum Gasteiger partial charge on any atom is -0.334 e. The van der Waals surface area contributed by atoms with Crippen LogP contribution in [0.2, 0.25) is 0 Å². The predicted molar refractivity (Wildman–Crippen MR) is 109 cm³/mol. The molecule has 2 aromatic rings. The fourth-order valence-corrected chi connectivity index (χ4v) is 4.21. The second-order valence-corrected chi connectivity index (χ2v) is 7.46. The number of aromatic nitrogens is 1. The molecule has 1 saturated heterocycles. The van der Waals surface area contributed by atoms with Gasteiger partial charge in [0, 0.05) is 24.7 Å². The van der Waals surface area contributed by atoms with Crippen LogP contribution in [-0.2, 0) is 0 Å². The summed E-state index contributed by atoms with van der Waals surface area (Å²) >= 11 is 1.37. The summed E-state index contributed by atoms with van der Waals surface area (Å²) in [4.78, 5) is 20.0. The number of carbonyl (C=O) groups is 1. The molecule has 0 bridgehead atoms. The molecule has 1 fully saturated rings. The van der Waals surface area contributed by atoms with Gasteiger partial charge >= 0.3 is 0 Å². The molecule has 0 radical (unpaired) electrons. The number of piperidine rings is 1. The SMILES string of the molecule is Cc1nc(-c2ccc(F)cc2)sc1C(=O)N1CCC(C)CC1CN.Cl.Cl. The van der Waals surface area contributed by atoms with Crippen LogP contribution in [0, 0.1) is 18.7 Å². The van der Waals surface area contributed by atoms with Crippen LogP contribution in [0.3, 0.4) is 0 Å². The van der Waals surface area contributed by atoms with E-state index in [0.29, 0.717) is 17.3 Å². The molecule has 0 aliphatic carbocycles. The Bertz CT molecular complexity index is 739. The molecule has 8 heteroatoms. The van der Waals surface area contributed by atoms with Gasteiger partial charge in [-0.05, 0) is 49.9 Å². The quantitative estimate of drug-likeness (QED) is 0.806. The average Bonchev–Trinajstić information content (AvgIpc) is 2.96. The van der Waals surface area contributed by atoms with Crippen LogP contribution in [0.5, 0.6) is 0 Å². The number of hydrogen-bond donors (Lipinski definition) is 1. The molecule has 0 saturated carbocycles. The molecule has 1 aliphatic heterocycles. The number of amides is 1. The fourth-order valence-electron chi connectivity index (χ4n) is 3.18. The van der Waals surface area contributed by atoms with Crippen molar-refractivity contribution in [2.75, 3.05) is 13.1 Å². The van der Waals surface area contributed by atoms with Crippen LogP contribution in [0.4, 0.5) is 4.39 Å². The maximum Gasteiger partial charge on any atom is 0.266 e. The van der Waals surface area contributed by atoms with E-state index in [1.54, 1.807) is 12.1 Å². The van der Waals surface area contributed by atoms with Gasteiger partial charge in [0.05, 0.1) is 5.69 Å². The minimum absolute atomic E-state index is 0. The van der Waals surface area contributed by atoms with Gasteiger partial charge in [-0.3, -0.25) is 4.79 Å². The molecular formula is C18H24Cl2FN3OS. The highest BCUT2D eigenvalue weighted by Gasteiger charge is 2.31. The minimum atomic E-state index is -0.281. The summed E-state index contributed by atoms with van der Waals surface area (Å²) in [6.45, 7) is 5.28. The first-order valence-corrected chi connectivity index (χ1v) is 9.05. The number of benzene rings is 1. The third kappa shape index (κ3) is 4.74. The Balaban J connectivity index is 0.00000169. The van der Waals surface area contributed by atoms with Crippen molar-refractivity contribution in [3.05, 3.63) is 40.7 Å². The van der Waals surface area contributed by atoms with Gasteiger partial charge in [0.2, 0.25) is 0 Å². The summed E-state index contributed by atoms with van der Waals surface area (Å²) in [5.74, 6) is 0.331. The average molecular weight is 420 g/mol. The lowest BCUT2D eigenvalue weighted by Crippen LogP contribution is -2.49. The van der Waals surface area contributed by atoms with Crippen LogP contribution < -0.4 is 5.73 Å². The molecule has 0 spiro atoms. The lowest BCUT2D eigenvalue weighted by Gasteiger charge is -2.37. The molecule has 2 atom stereocenters. The summed E-state index contributed by atoms with van der Waals surface area (Å²) in [5.41, 5.74) is 7.42. The first-order valence-electron chi connectivity index (χ1n) is 8.24. The zero-order chi connectivity index (χ0) is 17.3. The lowest BCUT2D eigenvalue weighted by molar-refractivity contribution is 0.0577. The molecule has 1 aromatic heterocycles. The molecule has 1 amide bonds. The largest absolute Gasteiger partial charge is 0.334 e. The normalized spacial score (nSPS) is 19.5. The van der Waals surface area contributed by atoms with Gasteiger partial charge in [0.1, 0.15) is 15.7 Å². The molecule has 3 rings (SSSR count). The topological polar surface area (TPSA) is 59.2 Å². The Morgan fingerprint density at radius 1 is 1.35 bits per heavy atom. The summed E-state index contributed by atoms with van der Waals surface area (Å²) in [7, 11) is 0. The fraction of sp³-hybridized carbons (Fsp3) is 0.444. The molecule has 2 unspecified atom stereocenters. The van der Waals surface area contributed by atoms with Gasteiger partial charge < -0.3 is 10.6 Å². The third-order valence-electron chi connectivity index (χ3n) is 4.59. The van der Waals surface area contributed by atoms with Crippen molar-refractivity contribution in [3.8, 4) is 10.6 Å². The zero-order valence-corrected chi connectivity index (χ0v) is 17.2. The van der Waals surface area contributed by atoms with E-state index in [4.69, 9.17) is 5.73 Å². The Kier molecular flexibility index (Phi) is 8.47. The van der Waals surface area contributed by atoms with Crippen molar-refractivity contribution in [2.45, 2.75) is 32.7 Å². The summed E-state index contributed by atoms with van der Waals surface area (Å²) in [6, 6.07) is 6.28. The predicted octanol–water partition coefficient (Wildman–Crippen LogP) is 4.30. The molecule has 1 aromatic carbocycles. The van der Waals surface area contributed by atoms with Crippen molar-refractivity contribution in [2.24, 2.45) is 11.7 Å². The highest BCUT2D eigenvalue weighted by Crippen LogP contribution is 2.31. The van der Waals surface area contributed by atoms with Crippen LogP contribution in [0.15, 0.2) is 24.3 Å². The number of hydrogen-bond acceptors (Lipinski definition) is 4. The smallest absolute Gasteiger partial charge is 0.266 e. The van der Waals surface area contributed by atoms with Gasteiger partial charge in [-0.25, -0.2) is 9.37 Å². The third-order valence-corrected chi connectivity index (χ3v) is 5.79. The van der Waals surface area contributed by atoms with E-state index < -0.39 is 0 Å². The van der Waals surface area contributed by atoms with E-state index >= 15 is 0 Å². The summed E-state index contributed by atoms with van der Waals surface area (Å²) in [5, 5.41) is 0.741. The van der Waals surface area contributed by atoms with E-state index in [9.17, 15) is 9.18 Å². The van der Waals surface area contributed by atoms with Gasteiger partial charge in [-0.1, -0.05) is 6.92 Å². The Morgan fingerprint density at radius 2 is 2.00 bits per heavy atom. The first-order chi connectivity index (χ1) is 11.5. The van der Waals surface area contributed by atoms with Crippen molar-refractivity contribution in [3.63, 3.8) is 0 Å². The molecule has 26 heavy (non-hydrogen) atoms. The maximum atomic E-state index is 13.1. The molecule has 2 heterocycles. The maximum absolute atomic E-state index is 13.1. The van der Waals surface area contributed by atoms with Crippen molar-refractivity contribution in [1.82, 2.24) is 9.88 Å². The first kappa shape index (κ1) is 22.8. The number of halogens is 3. The van der Waals surface area contributed by atoms with Crippen LogP contribution in [0.25, 0.3) is 10.6 Å². The van der Waals surface area contributed by atoms with Crippen molar-refractivity contribution in [1.29, 1.82) is 0 Å². The van der Waals surface area contributed by atoms with Gasteiger partial charge in [0.15, 0.2) is 0 Å². The van der Waals surface area contributed by atoms with E-state index in [0.717, 1.165) is 35.7 Å². The Morgan fingerprint density at radius 3 is 2.62 bits per heavy atom. The number of nitrogens with zero attached hydrogens (tertiary/aromatic N) is 2. The molecule has 2 N–H and O–H groups in total. The van der Waals surface area contributed by atoms with E-state index in [2.05, 4.69) is 11.9 Å². The molecule has 144 valence electrons. The number of rotatable bonds is 3. The molecular weight excluding hydrogens is 396 g/mol. The van der Waals surface area contributed by atoms with Crippen molar-refractivity contribution >= 4 is 42.1 Å². The van der Waals surface area contributed by atoms with Crippen molar-refractivity contribution < 1.29 is 9.18 Å². The van der Waals surface area contributed by atoms with E-state index in [1.165, 1.54) is 23.5 Å². The summed E-state index contributed by atoms with van der Waals surface area (Å²) < 4.78 is 13.1. The highest BCUT2D eigenvalue weighted by molar-refractivity contribution is 7.17. The van der Waals surface area contributed by atoms with Gasteiger partial charge in [-0.15, -0.1) is 36.2 Å². The second kappa shape index (κ2) is 9.65. The highest BCUT2D eigenvalue weighted by atomic mass is 35.5. The molecule has 1 aliphatic rings.